The number of aromatic nitrogens is 3. The Kier molecular flexibility index (Phi) is 5.55. The number of aryl methyl sites for hydroxylation is 2. The van der Waals surface area contributed by atoms with Crippen molar-refractivity contribution in [2.24, 2.45) is 0 Å². The lowest BCUT2D eigenvalue weighted by atomic mass is 9.78. The maximum absolute atomic E-state index is 14.8. The van der Waals surface area contributed by atoms with Gasteiger partial charge in [0.25, 0.3) is 0 Å². The van der Waals surface area contributed by atoms with Gasteiger partial charge in [0.2, 0.25) is 11.7 Å². The summed E-state index contributed by atoms with van der Waals surface area (Å²) in [6.45, 7) is 8.12. The second-order valence-electron chi connectivity index (χ2n) is 8.06. The van der Waals surface area contributed by atoms with Gasteiger partial charge in [0.1, 0.15) is 18.1 Å². The highest BCUT2D eigenvalue weighted by Gasteiger charge is 2.23. The minimum atomic E-state index is -0.513. The summed E-state index contributed by atoms with van der Waals surface area (Å²) in [5.74, 6) is 0.699. The molecule has 0 aliphatic rings. The van der Waals surface area contributed by atoms with Crippen LogP contribution in [0.25, 0.3) is 11.4 Å². The van der Waals surface area contributed by atoms with E-state index in [2.05, 4.69) is 60.2 Å². The maximum Gasteiger partial charge on any atom is 0.223 e. The third-order valence-corrected chi connectivity index (χ3v) is 5.45. The van der Waals surface area contributed by atoms with Crippen LogP contribution in [0, 0.1) is 19.7 Å². The Morgan fingerprint density at radius 1 is 0.935 bits per heavy atom. The Balaban J connectivity index is 1.48. The zero-order valence-electron chi connectivity index (χ0n) is 18.0. The predicted molar refractivity (Wildman–Crippen MR) is 116 cm³/mol. The number of ether oxygens (including phenoxy) is 1. The summed E-state index contributed by atoms with van der Waals surface area (Å²) in [5.41, 5.74) is 3.93. The van der Waals surface area contributed by atoms with Gasteiger partial charge in [0.05, 0.1) is 5.56 Å². The van der Waals surface area contributed by atoms with Crippen LogP contribution in [0.1, 0.15) is 42.1 Å². The van der Waals surface area contributed by atoms with Crippen LogP contribution in [0.3, 0.4) is 0 Å². The molecule has 4 aromatic rings. The van der Waals surface area contributed by atoms with Crippen LogP contribution in [0.2, 0.25) is 0 Å². The van der Waals surface area contributed by atoms with Crippen LogP contribution in [-0.2, 0) is 12.0 Å². The van der Waals surface area contributed by atoms with E-state index in [0.717, 1.165) is 0 Å². The molecule has 0 atom stereocenters. The molecule has 0 spiro atoms. The number of benzene rings is 2. The van der Waals surface area contributed by atoms with Gasteiger partial charge in [-0.3, -0.25) is 4.98 Å². The number of rotatable bonds is 6. The zero-order chi connectivity index (χ0) is 22.0. The van der Waals surface area contributed by atoms with Crippen molar-refractivity contribution in [3.05, 3.63) is 94.9 Å². The lowest BCUT2D eigenvalue weighted by Crippen LogP contribution is -2.18. The monoisotopic (exact) mass is 417 g/mol. The minimum Gasteiger partial charge on any atom is -0.487 e. The average molecular weight is 417 g/mol. The van der Waals surface area contributed by atoms with E-state index in [-0.39, 0.29) is 29.1 Å². The van der Waals surface area contributed by atoms with E-state index in [4.69, 9.17) is 9.26 Å². The molecule has 2 heterocycles. The highest BCUT2D eigenvalue weighted by Crippen LogP contribution is 2.32. The Bertz CT molecular complexity index is 1180. The summed E-state index contributed by atoms with van der Waals surface area (Å²) in [4.78, 5) is 8.18. The quantitative estimate of drug-likeness (QED) is 0.397. The largest absolute Gasteiger partial charge is 0.487 e. The van der Waals surface area contributed by atoms with Crippen molar-refractivity contribution in [2.75, 3.05) is 0 Å². The molecule has 0 N–H and O–H groups in total. The lowest BCUT2D eigenvalue weighted by Gasteiger charge is -2.26. The first kappa shape index (κ1) is 20.7. The lowest BCUT2D eigenvalue weighted by molar-refractivity contribution is 0.294. The van der Waals surface area contributed by atoms with E-state index in [1.165, 1.54) is 29.0 Å². The van der Waals surface area contributed by atoms with E-state index < -0.39 is 5.82 Å². The van der Waals surface area contributed by atoms with Crippen molar-refractivity contribution in [3.63, 3.8) is 0 Å². The standard InChI is InChI=1S/C25H24FN3O2/c1-16-5-7-18(8-6-16)25(3,4)19-9-11-20(12-10-19)30-15-22-23(26)21(13-14-27-22)24-28-17(2)31-29-24/h5-14H,15H2,1-4H3. The van der Waals surface area contributed by atoms with E-state index >= 15 is 0 Å². The fraction of sp³-hybridized carbons (Fsp3) is 0.240. The highest BCUT2D eigenvalue weighted by molar-refractivity contribution is 5.55. The second-order valence-corrected chi connectivity index (χ2v) is 8.06. The van der Waals surface area contributed by atoms with Crippen LogP contribution in [0.15, 0.2) is 65.3 Å². The van der Waals surface area contributed by atoms with Crippen LogP contribution in [0.5, 0.6) is 5.75 Å². The number of nitrogens with zero attached hydrogens (tertiary/aromatic N) is 3. The second kappa shape index (κ2) is 8.30. The Morgan fingerprint density at radius 3 is 2.19 bits per heavy atom. The topological polar surface area (TPSA) is 61.0 Å². The summed E-state index contributed by atoms with van der Waals surface area (Å²) in [7, 11) is 0. The molecule has 0 saturated heterocycles. The average Bonchev–Trinajstić information content (AvgIpc) is 3.19. The molecular formula is C25H24FN3O2. The van der Waals surface area contributed by atoms with Crippen LogP contribution in [-0.4, -0.2) is 15.1 Å². The minimum absolute atomic E-state index is 0.00277. The molecule has 2 aromatic carbocycles. The first-order chi connectivity index (χ1) is 14.8. The number of hydrogen-bond donors (Lipinski definition) is 0. The molecule has 0 aliphatic heterocycles. The van der Waals surface area contributed by atoms with E-state index in [0.29, 0.717) is 11.6 Å². The van der Waals surface area contributed by atoms with E-state index in [1.54, 1.807) is 6.92 Å². The van der Waals surface area contributed by atoms with Crippen molar-refractivity contribution in [1.82, 2.24) is 15.1 Å². The number of halogens is 1. The van der Waals surface area contributed by atoms with Crippen LogP contribution < -0.4 is 4.74 Å². The SMILES string of the molecule is Cc1ccc(C(C)(C)c2ccc(OCc3nccc(-c4noc(C)n4)c3F)cc2)cc1. The molecule has 0 bridgehead atoms. The molecule has 0 radical (unpaired) electrons. The Morgan fingerprint density at radius 2 is 1.58 bits per heavy atom. The molecule has 0 unspecified atom stereocenters. The van der Waals surface area contributed by atoms with Gasteiger partial charge in [-0.2, -0.15) is 4.98 Å². The molecular weight excluding hydrogens is 393 g/mol. The predicted octanol–water partition coefficient (Wildman–Crippen LogP) is 5.79. The molecule has 4 rings (SSSR count). The summed E-state index contributed by atoms with van der Waals surface area (Å²) < 4.78 is 25.6. The number of hydrogen-bond acceptors (Lipinski definition) is 5. The summed E-state index contributed by atoms with van der Waals surface area (Å²) in [6, 6.07) is 18.0. The van der Waals surface area contributed by atoms with E-state index in [9.17, 15) is 4.39 Å². The molecule has 0 aliphatic carbocycles. The fourth-order valence-electron chi connectivity index (χ4n) is 3.43. The van der Waals surface area contributed by atoms with Crippen molar-refractivity contribution >= 4 is 0 Å². The van der Waals surface area contributed by atoms with Gasteiger partial charge in [-0.25, -0.2) is 4.39 Å². The molecule has 31 heavy (non-hydrogen) atoms. The van der Waals surface area contributed by atoms with Crippen molar-refractivity contribution in [1.29, 1.82) is 0 Å². The summed E-state index contributed by atoms with van der Waals surface area (Å²) in [5, 5.41) is 3.77. The van der Waals surface area contributed by atoms with Crippen LogP contribution in [0.4, 0.5) is 4.39 Å². The summed E-state index contributed by atoms with van der Waals surface area (Å²) >= 11 is 0. The van der Waals surface area contributed by atoms with Gasteiger partial charge < -0.3 is 9.26 Å². The Labute approximate surface area is 180 Å². The van der Waals surface area contributed by atoms with Gasteiger partial charge >= 0.3 is 0 Å². The van der Waals surface area contributed by atoms with Crippen molar-refractivity contribution < 1.29 is 13.7 Å². The smallest absolute Gasteiger partial charge is 0.223 e. The molecule has 5 nitrogen and oxygen atoms in total. The van der Waals surface area contributed by atoms with Gasteiger partial charge in [-0.1, -0.05) is 61.0 Å². The highest BCUT2D eigenvalue weighted by atomic mass is 19.1. The Hall–Kier alpha value is -3.54. The molecule has 0 saturated carbocycles. The van der Waals surface area contributed by atoms with Gasteiger partial charge in [0, 0.05) is 18.5 Å². The zero-order valence-corrected chi connectivity index (χ0v) is 18.0. The molecule has 0 fully saturated rings. The maximum atomic E-state index is 14.8. The first-order valence-corrected chi connectivity index (χ1v) is 10.1. The van der Waals surface area contributed by atoms with Crippen molar-refractivity contribution in [3.8, 4) is 17.1 Å². The van der Waals surface area contributed by atoms with Gasteiger partial charge in [-0.15, -0.1) is 0 Å². The summed E-state index contributed by atoms with van der Waals surface area (Å²) in [6.07, 6.45) is 1.51. The van der Waals surface area contributed by atoms with Gasteiger partial charge in [-0.05, 0) is 36.2 Å². The molecule has 6 heteroatoms. The molecule has 2 aromatic heterocycles. The van der Waals surface area contributed by atoms with E-state index in [1.807, 2.05) is 24.3 Å². The first-order valence-electron chi connectivity index (χ1n) is 10.1. The van der Waals surface area contributed by atoms with Crippen LogP contribution >= 0.6 is 0 Å². The third kappa shape index (κ3) is 4.33. The van der Waals surface area contributed by atoms with Crippen molar-refractivity contribution in [2.45, 2.75) is 39.7 Å². The molecule has 0 amide bonds. The molecule has 158 valence electrons. The third-order valence-electron chi connectivity index (χ3n) is 5.45. The fourth-order valence-corrected chi connectivity index (χ4v) is 3.43. The number of pyridine rings is 1. The normalized spacial score (nSPS) is 11.5. The van der Waals surface area contributed by atoms with Gasteiger partial charge in [0.15, 0.2) is 5.82 Å².